The molecule has 1 aromatic rings. The summed E-state index contributed by atoms with van der Waals surface area (Å²) in [7, 11) is 0. The van der Waals surface area contributed by atoms with E-state index in [1.165, 1.54) is 22.3 Å². The van der Waals surface area contributed by atoms with Crippen molar-refractivity contribution in [1.29, 1.82) is 0 Å². The normalized spacial score (nSPS) is 27.2. The van der Waals surface area contributed by atoms with Crippen molar-refractivity contribution in [3.05, 3.63) is 34.4 Å². The monoisotopic (exact) mass is 248 g/mol. The lowest BCUT2D eigenvalue weighted by molar-refractivity contribution is -0.435. The molecule has 1 atom stereocenters. The predicted molar refractivity (Wildman–Crippen MR) is 73.5 cm³/mol. The average molecular weight is 248 g/mol. The Morgan fingerprint density at radius 3 is 1.89 bits per heavy atom. The fourth-order valence-corrected chi connectivity index (χ4v) is 3.01. The van der Waals surface area contributed by atoms with Crippen LogP contribution < -0.4 is 0 Å². The van der Waals surface area contributed by atoms with Crippen molar-refractivity contribution >= 4 is 0 Å². The van der Waals surface area contributed by atoms with Gasteiger partial charge in [0.25, 0.3) is 0 Å². The Morgan fingerprint density at radius 1 is 0.889 bits per heavy atom. The summed E-state index contributed by atoms with van der Waals surface area (Å²) in [5, 5.41) is 0. The highest BCUT2D eigenvalue weighted by molar-refractivity contribution is 5.41. The van der Waals surface area contributed by atoms with Gasteiger partial charge >= 0.3 is 0 Å². The summed E-state index contributed by atoms with van der Waals surface area (Å²) in [5.41, 5.74) is 4.67. The summed E-state index contributed by atoms with van der Waals surface area (Å²) < 4.78 is 0. The van der Waals surface area contributed by atoms with Gasteiger partial charge in [-0.2, -0.15) is 0 Å². The molecule has 1 aromatic carbocycles. The zero-order chi connectivity index (χ0) is 13.6. The van der Waals surface area contributed by atoms with E-state index in [0.717, 1.165) is 12.8 Å². The summed E-state index contributed by atoms with van der Waals surface area (Å²) in [6, 6.07) is 4.44. The summed E-state index contributed by atoms with van der Waals surface area (Å²) in [6.45, 7) is 12.7. The van der Waals surface area contributed by atoms with Gasteiger partial charge in [-0.25, -0.2) is 9.78 Å². The molecule has 0 radical (unpaired) electrons. The molecule has 0 saturated carbocycles. The molecule has 0 bridgehead atoms. The van der Waals surface area contributed by atoms with Crippen molar-refractivity contribution in [2.45, 2.75) is 65.6 Å². The largest absolute Gasteiger partial charge is 0.230 e. The maximum absolute atomic E-state index is 5.77. The molecule has 18 heavy (non-hydrogen) atoms. The molecule has 1 aliphatic rings. The maximum atomic E-state index is 5.77. The SMILES string of the molecule is Cc1cc(C)c(C2(C)CCC(C)(C)OO2)c(C)c1. The second-order valence-corrected chi connectivity index (χ2v) is 6.43. The zero-order valence-corrected chi connectivity index (χ0v) is 12.4. The first-order valence-electron chi connectivity index (χ1n) is 6.69. The molecule has 1 saturated heterocycles. The fourth-order valence-electron chi connectivity index (χ4n) is 3.01. The van der Waals surface area contributed by atoms with Crippen LogP contribution in [0.2, 0.25) is 0 Å². The lowest BCUT2D eigenvalue weighted by atomic mass is 9.81. The maximum Gasteiger partial charge on any atom is 0.126 e. The van der Waals surface area contributed by atoms with Crippen molar-refractivity contribution in [1.82, 2.24) is 0 Å². The summed E-state index contributed by atoms with van der Waals surface area (Å²) in [6.07, 6.45) is 2.00. The Balaban J connectivity index is 2.37. The third-order valence-electron chi connectivity index (χ3n) is 3.86. The molecule has 1 heterocycles. The minimum absolute atomic E-state index is 0.175. The first-order chi connectivity index (χ1) is 8.23. The molecule has 0 N–H and O–H groups in total. The van der Waals surface area contributed by atoms with Crippen LogP contribution in [0.25, 0.3) is 0 Å². The van der Waals surface area contributed by atoms with E-state index in [0.29, 0.717) is 0 Å². The van der Waals surface area contributed by atoms with Crippen LogP contribution in [0.1, 0.15) is 55.9 Å². The molecule has 1 fully saturated rings. The van der Waals surface area contributed by atoms with Gasteiger partial charge in [0.05, 0.1) is 5.60 Å². The Labute approximate surface area is 110 Å². The van der Waals surface area contributed by atoms with Crippen molar-refractivity contribution in [3.63, 3.8) is 0 Å². The van der Waals surface area contributed by atoms with E-state index in [1.807, 2.05) is 0 Å². The second-order valence-electron chi connectivity index (χ2n) is 6.43. The minimum atomic E-state index is -0.322. The Hall–Kier alpha value is -0.860. The van der Waals surface area contributed by atoms with Crippen LogP contribution in [0.3, 0.4) is 0 Å². The van der Waals surface area contributed by atoms with Crippen molar-refractivity contribution in [3.8, 4) is 0 Å². The van der Waals surface area contributed by atoms with Gasteiger partial charge in [-0.05, 0) is 71.1 Å². The van der Waals surface area contributed by atoms with Gasteiger partial charge in [0, 0.05) is 0 Å². The molecular formula is C16H24O2. The number of hydrogen-bond donors (Lipinski definition) is 0. The minimum Gasteiger partial charge on any atom is -0.230 e. The van der Waals surface area contributed by atoms with Crippen molar-refractivity contribution in [2.24, 2.45) is 0 Å². The molecule has 2 nitrogen and oxygen atoms in total. The summed E-state index contributed by atoms with van der Waals surface area (Å²) in [5.74, 6) is 0. The molecule has 2 rings (SSSR count). The Kier molecular flexibility index (Phi) is 3.28. The quantitative estimate of drug-likeness (QED) is 0.688. The summed E-state index contributed by atoms with van der Waals surface area (Å²) in [4.78, 5) is 11.3. The topological polar surface area (TPSA) is 18.5 Å². The standard InChI is InChI=1S/C16H24O2/c1-11-9-12(2)14(13(3)10-11)16(6)8-7-15(4,5)17-18-16/h9-10H,7-8H2,1-6H3. The van der Waals surface area contributed by atoms with Crippen LogP contribution in [-0.4, -0.2) is 5.60 Å². The van der Waals surface area contributed by atoms with E-state index in [-0.39, 0.29) is 11.2 Å². The van der Waals surface area contributed by atoms with E-state index < -0.39 is 0 Å². The van der Waals surface area contributed by atoms with Gasteiger partial charge in [0.1, 0.15) is 5.60 Å². The molecule has 0 spiro atoms. The Bertz CT molecular complexity index is 427. The Morgan fingerprint density at radius 2 is 1.44 bits per heavy atom. The van der Waals surface area contributed by atoms with Gasteiger partial charge < -0.3 is 0 Å². The van der Waals surface area contributed by atoms with Crippen molar-refractivity contribution < 1.29 is 9.78 Å². The van der Waals surface area contributed by atoms with Crippen LogP contribution >= 0.6 is 0 Å². The van der Waals surface area contributed by atoms with Crippen molar-refractivity contribution in [2.75, 3.05) is 0 Å². The van der Waals surface area contributed by atoms with E-state index >= 15 is 0 Å². The van der Waals surface area contributed by atoms with Crippen LogP contribution in [0.4, 0.5) is 0 Å². The van der Waals surface area contributed by atoms with Gasteiger partial charge in [-0.3, -0.25) is 0 Å². The van der Waals surface area contributed by atoms with Gasteiger partial charge in [0.15, 0.2) is 0 Å². The zero-order valence-electron chi connectivity index (χ0n) is 12.4. The molecule has 2 heteroatoms. The third kappa shape index (κ3) is 2.45. The summed E-state index contributed by atoms with van der Waals surface area (Å²) >= 11 is 0. The average Bonchev–Trinajstić information content (AvgIpc) is 2.22. The lowest BCUT2D eigenvalue weighted by Gasteiger charge is -2.41. The molecule has 1 aliphatic heterocycles. The molecule has 0 amide bonds. The highest BCUT2D eigenvalue weighted by Gasteiger charge is 2.40. The highest BCUT2D eigenvalue weighted by Crippen LogP contribution is 2.42. The van der Waals surface area contributed by atoms with E-state index in [9.17, 15) is 0 Å². The fraction of sp³-hybridized carbons (Fsp3) is 0.625. The molecular weight excluding hydrogens is 224 g/mol. The first-order valence-corrected chi connectivity index (χ1v) is 6.69. The van der Waals surface area contributed by atoms with Crippen LogP contribution in [-0.2, 0) is 15.4 Å². The smallest absolute Gasteiger partial charge is 0.126 e. The van der Waals surface area contributed by atoms with Gasteiger partial charge in [-0.1, -0.05) is 17.7 Å². The molecule has 100 valence electrons. The predicted octanol–water partition coefficient (Wildman–Crippen LogP) is 4.35. The lowest BCUT2D eigenvalue weighted by Crippen LogP contribution is -2.41. The van der Waals surface area contributed by atoms with E-state index in [2.05, 4.69) is 53.7 Å². The van der Waals surface area contributed by atoms with E-state index in [4.69, 9.17) is 9.78 Å². The number of rotatable bonds is 1. The van der Waals surface area contributed by atoms with Gasteiger partial charge in [0.2, 0.25) is 0 Å². The van der Waals surface area contributed by atoms with Gasteiger partial charge in [-0.15, -0.1) is 0 Å². The first kappa shape index (κ1) is 13.6. The van der Waals surface area contributed by atoms with Crippen LogP contribution in [0.15, 0.2) is 12.1 Å². The second kappa shape index (κ2) is 4.36. The highest BCUT2D eigenvalue weighted by atomic mass is 17.2. The van der Waals surface area contributed by atoms with Crippen LogP contribution in [0.5, 0.6) is 0 Å². The molecule has 1 unspecified atom stereocenters. The van der Waals surface area contributed by atoms with E-state index in [1.54, 1.807) is 0 Å². The number of hydrogen-bond acceptors (Lipinski definition) is 2. The van der Waals surface area contributed by atoms with Crippen LogP contribution in [0, 0.1) is 20.8 Å². The molecule has 0 aromatic heterocycles. The number of aryl methyl sites for hydroxylation is 3. The molecule has 0 aliphatic carbocycles. The third-order valence-corrected chi connectivity index (χ3v) is 3.86. The number of benzene rings is 1.